The molecule has 1 heterocycles. The van der Waals surface area contributed by atoms with Crippen LogP contribution in [0.1, 0.15) is 43.0 Å². The third kappa shape index (κ3) is 3.65. The van der Waals surface area contributed by atoms with Crippen LogP contribution in [-0.2, 0) is 6.42 Å². The van der Waals surface area contributed by atoms with Crippen LogP contribution in [-0.4, -0.2) is 11.5 Å². The smallest absolute Gasteiger partial charge is 0.0577 e. The van der Waals surface area contributed by atoms with Crippen LogP contribution in [0.25, 0.3) is 0 Å². The SMILES string of the molecule is CCCc1ccc(C(NCC)c2ccncc2)cc1. The molecule has 0 bridgehead atoms. The fourth-order valence-electron chi connectivity index (χ4n) is 2.35. The number of nitrogens with one attached hydrogen (secondary N) is 1. The monoisotopic (exact) mass is 254 g/mol. The average Bonchev–Trinajstić information content (AvgIpc) is 2.47. The lowest BCUT2D eigenvalue weighted by molar-refractivity contribution is 0.629. The number of hydrogen-bond donors (Lipinski definition) is 1. The predicted octanol–water partition coefficient (Wildman–Crippen LogP) is 3.73. The van der Waals surface area contributed by atoms with E-state index < -0.39 is 0 Å². The molecule has 1 aromatic heterocycles. The minimum atomic E-state index is 0.253. The normalized spacial score (nSPS) is 12.3. The second-order valence-corrected chi connectivity index (χ2v) is 4.76. The summed E-state index contributed by atoms with van der Waals surface area (Å²) in [6, 6.07) is 13.4. The van der Waals surface area contributed by atoms with E-state index in [1.807, 2.05) is 12.4 Å². The standard InChI is InChI=1S/C17H22N2/c1-3-5-14-6-8-15(9-7-14)17(19-4-2)16-10-12-18-13-11-16/h6-13,17,19H,3-5H2,1-2H3. The van der Waals surface area contributed by atoms with Gasteiger partial charge in [0.05, 0.1) is 6.04 Å². The fourth-order valence-corrected chi connectivity index (χ4v) is 2.35. The van der Waals surface area contributed by atoms with E-state index in [-0.39, 0.29) is 6.04 Å². The second kappa shape index (κ2) is 7.05. The van der Waals surface area contributed by atoms with E-state index in [9.17, 15) is 0 Å². The molecular formula is C17H22N2. The number of pyridine rings is 1. The molecule has 2 rings (SSSR count). The summed E-state index contributed by atoms with van der Waals surface area (Å²) in [5.41, 5.74) is 3.99. The van der Waals surface area contributed by atoms with Gasteiger partial charge in [-0.1, -0.05) is 44.5 Å². The Morgan fingerprint density at radius 1 is 0.947 bits per heavy atom. The van der Waals surface area contributed by atoms with E-state index in [1.54, 1.807) is 0 Å². The molecular weight excluding hydrogens is 232 g/mol. The first-order chi connectivity index (χ1) is 9.35. The average molecular weight is 254 g/mol. The molecule has 2 heteroatoms. The van der Waals surface area contributed by atoms with Gasteiger partial charge < -0.3 is 5.32 Å². The van der Waals surface area contributed by atoms with Crippen LogP contribution in [0.2, 0.25) is 0 Å². The molecule has 0 saturated carbocycles. The van der Waals surface area contributed by atoms with Gasteiger partial charge in [-0.05, 0) is 41.8 Å². The van der Waals surface area contributed by atoms with Crippen molar-refractivity contribution in [2.45, 2.75) is 32.7 Å². The highest BCUT2D eigenvalue weighted by molar-refractivity contribution is 5.32. The van der Waals surface area contributed by atoms with Crippen molar-refractivity contribution in [2.75, 3.05) is 6.54 Å². The molecule has 0 radical (unpaired) electrons. The Hall–Kier alpha value is -1.67. The van der Waals surface area contributed by atoms with Crippen LogP contribution in [0.3, 0.4) is 0 Å². The second-order valence-electron chi connectivity index (χ2n) is 4.76. The summed E-state index contributed by atoms with van der Waals surface area (Å²) in [7, 11) is 0. The Morgan fingerprint density at radius 3 is 2.16 bits per heavy atom. The summed E-state index contributed by atoms with van der Waals surface area (Å²) in [5, 5.41) is 3.54. The van der Waals surface area contributed by atoms with E-state index in [0.29, 0.717) is 0 Å². The molecule has 0 saturated heterocycles. The van der Waals surface area contributed by atoms with Crippen LogP contribution >= 0.6 is 0 Å². The lowest BCUT2D eigenvalue weighted by Gasteiger charge is -2.19. The van der Waals surface area contributed by atoms with Crippen LogP contribution in [0.15, 0.2) is 48.8 Å². The number of hydrogen-bond acceptors (Lipinski definition) is 2. The van der Waals surface area contributed by atoms with Gasteiger partial charge in [0, 0.05) is 12.4 Å². The highest BCUT2D eigenvalue weighted by Crippen LogP contribution is 2.22. The van der Waals surface area contributed by atoms with E-state index in [4.69, 9.17) is 0 Å². The van der Waals surface area contributed by atoms with Crippen LogP contribution in [0.4, 0.5) is 0 Å². The Bertz CT molecular complexity index is 476. The van der Waals surface area contributed by atoms with Crippen molar-refractivity contribution in [3.05, 3.63) is 65.5 Å². The molecule has 1 N–H and O–H groups in total. The third-order valence-electron chi connectivity index (χ3n) is 3.30. The van der Waals surface area contributed by atoms with E-state index in [0.717, 1.165) is 13.0 Å². The Morgan fingerprint density at radius 2 is 1.58 bits per heavy atom. The molecule has 1 atom stereocenters. The highest BCUT2D eigenvalue weighted by Gasteiger charge is 2.12. The number of benzene rings is 1. The van der Waals surface area contributed by atoms with Gasteiger partial charge in [-0.3, -0.25) is 4.98 Å². The summed E-state index contributed by atoms with van der Waals surface area (Å²) in [4.78, 5) is 4.09. The maximum absolute atomic E-state index is 4.09. The van der Waals surface area contributed by atoms with Crippen molar-refractivity contribution in [1.82, 2.24) is 10.3 Å². The lowest BCUT2D eigenvalue weighted by Crippen LogP contribution is -2.21. The molecule has 1 unspecified atom stereocenters. The Labute approximate surface area is 115 Å². The first-order valence-electron chi connectivity index (χ1n) is 7.07. The molecule has 0 aliphatic carbocycles. The lowest BCUT2D eigenvalue weighted by atomic mass is 9.97. The highest BCUT2D eigenvalue weighted by atomic mass is 14.9. The van der Waals surface area contributed by atoms with Crippen LogP contribution in [0, 0.1) is 0 Å². The summed E-state index contributed by atoms with van der Waals surface area (Å²) >= 11 is 0. The van der Waals surface area contributed by atoms with Crippen molar-refractivity contribution in [2.24, 2.45) is 0 Å². The van der Waals surface area contributed by atoms with Crippen molar-refractivity contribution >= 4 is 0 Å². The van der Waals surface area contributed by atoms with Gasteiger partial charge in [-0.25, -0.2) is 0 Å². The number of aryl methyl sites for hydroxylation is 1. The van der Waals surface area contributed by atoms with Crippen LogP contribution in [0.5, 0.6) is 0 Å². The van der Waals surface area contributed by atoms with Gasteiger partial charge in [0.1, 0.15) is 0 Å². The van der Waals surface area contributed by atoms with Crippen molar-refractivity contribution in [3.63, 3.8) is 0 Å². The first kappa shape index (κ1) is 13.8. The molecule has 0 fully saturated rings. The minimum absolute atomic E-state index is 0.253. The maximum atomic E-state index is 4.09. The largest absolute Gasteiger partial charge is 0.307 e. The Balaban J connectivity index is 2.24. The van der Waals surface area contributed by atoms with Gasteiger partial charge >= 0.3 is 0 Å². The van der Waals surface area contributed by atoms with Crippen LogP contribution < -0.4 is 5.32 Å². The molecule has 2 nitrogen and oxygen atoms in total. The maximum Gasteiger partial charge on any atom is 0.0577 e. The number of rotatable bonds is 6. The third-order valence-corrected chi connectivity index (χ3v) is 3.30. The molecule has 1 aromatic carbocycles. The van der Waals surface area contributed by atoms with Gasteiger partial charge in [-0.15, -0.1) is 0 Å². The fraction of sp³-hybridized carbons (Fsp3) is 0.353. The van der Waals surface area contributed by atoms with Gasteiger partial charge in [0.15, 0.2) is 0 Å². The quantitative estimate of drug-likeness (QED) is 0.849. The zero-order valence-electron chi connectivity index (χ0n) is 11.8. The molecule has 2 aromatic rings. The summed E-state index contributed by atoms with van der Waals surface area (Å²) in [5.74, 6) is 0. The topological polar surface area (TPSA) is 24.9 Å². The van der Waals surface area contributed by atoms with Crippen molar-refractivity contribution in [3.8, 4) is 0 Å². The van der Waals surface area contributed by atoms with Gasteiger partial charge in [0.25, 0.3) is 0 Å². The Kier molecular flexibility index (Phi) is 5.10. The predicted molar refractivity (Wildman–Crippen MR) is 80.2 cm³/mol. The summed E-state index contributed by atoms with van der Waals surface area (Å²) in [6.45, 7) is 5.30. The molecule has 100 valence electrons. The summed E-state index contributed by atoms with van der Waals surface area (Å²) < 4.78 is 0. The molecule has 0 amide bonds. The minimum Gasteiger partial charge on any atom is -0.307 e. The molecule has 0 aliphatic rings. The number of aromatic nitrogens is 1. The van der Waals surface area contributed by atoms with Gasteiger partial charge in [0.2, 0.25) is 0 Å². The first-order valence-corrected chi connectivity index (χ1v) is 7.07. The van der Waals surface area contributed by atoms with Gasteiger partial charge in [-0.2, -0.15) is 0 Å². The zero-order chi connectivity index (χ0) is 13.5. The summed E-state index contributed by atoms with van der Waals surface area (Å²) in [6.07, 6.45) is 6.05. The zero-order valence-corrected chi connectivity index (χ0v) is 11.8. The van der Waals surface area contributed by atoms with Crippen molar-refractivity contribution < 1.29 is 0 Å². The molecule has 0 spiro atoms. The van der Waals surface area contributed by atoms with E-state index in [2.05, 4.69) is 60.5 Å². The van der Waals surface area contributed by atoms with E-state index >= 15 is 0 Å². The molecule has 0 aliphatic heterocycles. The van der Waals surface area contributed by atoms with E-state index in [1.165, 1.54) is 23.1 Å². The van der Waals surface area contributed by atoms with Crippen molar-refractivity contribution in [1.29, 1.82) is 0 Å². The number of nitrogens with zero attached hydrogens (tertiary/aromatic N) is 1. The molecule has 19 heavy (non-hydrogen) atoms.